The number of carbonyl (C=O) groups excluding carboxylic acids is 1. The fourth-order valence-corrected chi connectivity index (χ4v) is 5.10. The third-order valence-electron chi connectivity index (χ3n) is 7.05. The van der Waals surface area contributed by atoms with E-state index in [0.29, 0.717) is 51.7 Å². The van der Waals surface area contributed by atoms with E-state index < -0.39 is 17.2 Å². The lowest BCUT2D eigenvalue weighted by molar-refractivity contribution is -0.139. The van der Waals surface area contributed by atoms with Gasteiger partial charge in [0.15, 0.2) is 0 Å². The Balaban J connectivity index is 1.77. The molecule has 0 N–H and O–H groups in total. The molecule has 2 heterocycles. The van der Waals surface area contributed by atoms with Crippen LogP contribution in [-0.2, 0) is 20.4 Å². The molecular formula is C25H34F3N3O3. The molecule has 0 bridgehead atoms. The fourth-order valence-electron chi connectivity index (χ4n) is 5.10. The maximum absolute atomic E-state index is 13.4. The van der Waals surface area contributed by atoms with Crippen molar-refractivity contribution in [1.82, 2.24) is 4.90 Å². The van der Waals surface area contributed by atoms with Crippen LogP contribution < -0.4 is 4.90 Å². The van der Waals surface area contributed by atoms with Crippen LogP contribution in [0.2, 0.25) is 0 Å². The molecule has 0 radical (unpaired) electrons. The number of nitrogens with zero attached hydrogens (tertiary/aromatic N) is 3. The second kappa shape index (κ2) is 10.1. The molecule has 6 nitrogen and oxygen atoms in total. The molecule has 34 heavy (non-hydrogen) atoms. The predicted molar refractivity (Wildman–Crippen MR) is 122 cm³/mol. The van der Waals surface area contributed by atoms with E-state index in [-0.39, 0.29) is 22.8 Å². The molecule has 9 heteroatoms. The summed E-state index contributed by atoms with van der Waals surface area (Å²) in [6.07, 6.45) is -3.08. The molecule has 0 saturated carbocycles. The summed E-state index contributed by atoms with van der Waals surface area (Å²) in [5.41, 5.74) is -1.42. The molecule has 1 aromatic rings. The first-order chi connectivity index (χ1) is 15.9. The highest BCUT2D eigenvalue weighted by molar-refractivity contribution is 5.82. The number of hydrogen-bond acceptors (Lipinski definition) is 5. The first kappa shape index (κ1) is 26.3. The number of piperidine rings is 1. The van der Waals surface area contributed by atoms with Gasteiger partial charge in [-0.25, -0.2) is 0 Å². The molecule has 1 unspecified atom stereocenters. The average molecular weight is 482 g/mol. The van der Waals surface area contributed by atoms with Gasteiger partial charge in [-0.15, -0.1) is 0 Å². The smallest absolute Gasteiger partial charge is 0.382 e. The Bertz CT molecular complexity index is 913. The quantitative estimate of drug-likeness (QED) is 0.566. The van der Waals surface area contributed by atoms with Crippen LogP contribution in [-0.4, -0.2) is 63.9 Å². The van der Waals surface area contributed by atoms with E-state index in [2.05, 4.69) is 0 Å². The Morgan fingerprint density at radius 1 is 1.21 bits per heavy atom. The number of benzene rings is 1. The van der Waals surface area contributed by atoms with Crippen molar-refractivity contribution in [2.45, 2.75) is 39.8 Å². The van der Waals surface area contributed by atoms with Crippen molar-refractivity contribution in [3.05, 3.63) is 29.3 Å². The van der Waals surface area contributed by atoms with Gasteiger partial charge in [0.25, 0.3) is 0 Å². The van der Waals surface area contributed by atoms with Crippen LogP contribution in [0.5, 0.6) is 0 Å². The van der Waals surface area contributed by atoms with Crippen molar-refractivity contribution in [3.8, 4) is 6.07 Å². The zero-order valence-electron chi connectivity index (χ0n) is 20.4. The van der Waals surface area contributed by atoms with Crippen LogP contribution in [0.1, 0.15) is 44.7 Å². The van der Waals surface area contributed by atoms with Gasteiger partial charge in [-0.05, 0) is 36.5 Å². The molecule has 1 spiro atoms. The Morgan fingerprint density at radius 3 is 2.44 bits per heavy atom. The molecule has 1 aromatic carbocycles. The van der Waals surface area contributed by atoms with Crippen LogP contribution in [0.25, 0.3) is 0 Å². The largest absolute Gasteiger partial charge is 0.417 e. The molecule has 2 aliphatic heterocycles. The number of nitriles is 1. The van der Waals surface area contributed by atoms with Crippen LogP contribution in [0.15, 0.2) is 18.2 Å². The Hall–Kier alpha value is -2.31. The molecule has 1 atom stereocenters. The second-order valence-corrected chi connectivity index (χ2v) is 10.4. The molecule has 0 aromatic heterocycles. The molecule has 3 rings (SSSR count). The van der Waals surface area contributed by atoms with Gasteiger partial charge in [0.1, 0.15) is 0 Å². The third-order valence-corrected chi connectivity index (χ3v) is 7.05. The lowest BCUT2D eigenvalue weighted by atomic mass is 9.71. The van der Waals surface area contributed by atoms with Gasteiger partial charge in [-0.2, -0.15) is 18.4 Å². The summed E-state index contributed by atoms with van der Waals surface area (Å²) < 4.78 is 51.2. The minimum Gasteiger partial charge on any atom is -0.382 e. The third kappa shape index (κ3) is 5.66. The predicted octanol–water partition coefficient (Wildman–Crippen LogP) is 4.33. The van der Waals surface area contributed by atoms with Crippen molar-refractivity contribution in [2.24, 2.45) is 16.7 Å². The number of amides is 1. The summed E-state index contributed by atoms with van der Waals surface area (Å²) in [5.74, 6) is 0.264. The highest BCUT2D eigenvalue weighted by Gasteiger charge is 2.50. The summed E-state index contributed by atoms with van der Waals surface area (Å²) in [6, 6.07) is 5.54. The normalized spacial score (nSPS) is 20.6. The molecule has 2 fully saturated rings. The van der Waals surface area contributed by atoms with Gasteiger partial charge in [0, 0.05) is 50.3 Å². The number of likely N-dealkylation sites (tertiary alicyclic amines) is 1. The van der Waals surface area contributed by atoms with Crippen molar-refractivity contribution >= 4 is 11.6 Å². The van der Waals surface area contributed by atoms with Crippen LogP contribution in [0, 0.1) is 28.1 Å². The van der Waals surface area contributed by atoms with E-state index in [1.807, 2.05) is 30.6 Å². The van der Waals surface area contributed by atoms with Gasteiger partial charge < -0.3 is 19.3 Å². The van der Waals surface area contributed by atoms with Gasteiger partial charge >= 0.3 is 6.18 Å². The molecule has 0 aliphatic carbocycles. The maximum atomic E-state index is 13.4. The van der Waals surface area contributed by atoms with Crippen LogP contribution in [0.3, 0.4) is 0 Å². The molecule has 2 saturated heterocycles. The molecule has 1 amide bonds. The summed E-state index contributed by atoms with van der Waals surface area (Å²) in [7, 11) is 1.62. The second-order valence-electron chi connectivity index (χ2n) is 10.4. The number of carbonyl (C=O) groups is 1. The first-order valence-electron chi connectivity index (χ1n) is 11.6. The zero-order chi connectivity index (χ0) is 25.1. The summed E-state index contributed by atoms with van der Waals surface area (Å²) >= 11 is 0. The number of anilines is 1. The van der Waals surface area contributed by atoms with E-state index in [1.54, 1.807) is 19.2 Å². The number of hydrogen-bond donors (Lipinski definition) is 0. The molecular weight excluding hydrogens is 447 g/mol. The monoisotopic (exact) mass is 481 g/mol. The number of rotatable bonds is 6. The minimum absolute atomic E-state index is 0.107. The number of halogens is 3. The van der Waals surface area contributed by atoms with Crippen molar-refractivity contribution in [1.29, 1.82) is 5.26 Å². The van der Waals surface area contributed by atoms with Crippen molar-refractivity contribution < 1.29 is 27.4 Å². The molecule has 2 aliphatic rings. The van der Waals surface area contributed by atoms with Crippen molar-refractivity contribution in [3.63, 3.8) is 0 Å². The van der Waals surface area contributed by atoms with Crippen LogP contribution >= 0.6 is 0 Å². The zero-order valence-corrected chi connectivity index (χ0v) is 20.4. The number of methoxy groups -OCH3 is 1. The fraction of sp³-hybridized carbons (Fsp3) is 0.680. The lowest BCUT2D eigenvalue weighted by Gasteiger charge is -2.43. The van der Waals surface area contributed by atoms with E-state index >= 15 is 0 Å². The Morgan fingerprint density at radius 2 is 1.88 bits per heavy atom. The summed E-state index contributed by atoms with van der Waals surface area (Å²) in [6.45, 7) is 9.65. The maximum Gasteiger partial charge on any atom is 0.417 e. The first-order valence-corrected chi connectivity index (χ1v) is 11.6. The number of alkyl halides is 3. The number of ether oxygens (including phenoxy) is 2. The Labute approximate surface area is 199 Å². The summed E-state index contributed by atoms with van der Waals surface area (Å²) in [5, 5.41) is 9.07. The van der Waals surface area contributed by atoms with Gasteiger partial charge in [0.2, 0.25) is 5.91 Å². The van der Waals surface area contributed by atoms with E-state index in [0.717, 1.165) is 18.9 Å². The summed E-state index contributed by atoms with van der Waals surface area (Å²) in [4.78, 5) is 16.9. The average Bonchev–Trinajstić information content (AvgIpc) is 3.12. The van der Waals surface area contributed by atoms with Gasteiger partial charge in [0.05, 0.1) is 37.0 Å². The SMILES string of the molecule is COCCOCC1CN(C(=O)C(C)(C)C)CC12CCN(c1ccc(C#N)c(C(F)(F)F)c1)CC2. The minimum atomic E-state index is -4.58. The highest BCUT2D eigenvalue weighted by Crippen LogP contribution is 2.47. The van der Waals surface area contributed by atoms with E-state index in [9.17, 15) is 18.0 Å². The van der Waals surface area contributed by atoms with Gasteiger partial charge in [-0.1, -0.05) is 20.8 Å². The van der Waals surface area contributed by atoms with Crippen LogP contribution in [0.4, 0.5) is 18.9 Å². The van der Waals surface area contributed by atoms with E-state index in [4.69, 9.17) is 14.7 Å². The highest BCUT2D eigenvalue weighted by atomic mass is 19.4. The standard InChI is InChI=1S/C25H34F3N3O3/c1-23(2,3)22(32)31-15-19(16-34-12-11-33-4)24(17-31)7-9-30(10-8-24)20-6-5-18(14-29)21(13-20)25(26,27)28/h5-6,13,19H,7-12,15-17H2,1-4H3. The van der Waals surface area contributed by atoms with Crippen molar-refractivity contribution in [2.75, 3.05) is 58.0 Å². The lowest BCUT2D eigenvalue weighted by Crippen LogP contribution is -2.46. The Kier molecular flexibility index (Phi) is 7.83. The topological polar surface area (TPSA) is 65.8 Å². The van der Waals surface area contributed by atoms with Gasteiger partial charge in [-0.3, -0.25) is 4.79 Å². The molecule has 188 valence electrons. The van der Waals surface area contributed by atoms with E-state index in [1.165, 1.54) is 6.07 Å².